The fraction of sp³-hybridized carbons (Fsp3) is 0.500. The monoisotopic (exact) mass is 240 g/mol. The number of nitrogens with zero attached hydrogens (tertiary/aromatic N) is 1. The van der Waals surface area contributed by atoms with Crippen LogP contribution in [0, 0.1) is 5.95 Å². The first-order valence-corrected chi connectivity index (χ1v) is 5.49. The molecule has 4 nitrogen and oxygen atoms in total. The second-order valence-corrected chi connectivity index (χ2v) is 4.37. The van der Waals surface area contributed by atoms with Gasteiger partial charge in [-0.25, -0.2) is 4.98 Å². The van der Waals surface area contributed by atoms with Gasteiger partial charge in [0.25, 0.3) is 11.9 Å². The van der Waals surface area contributed by atoms with Crippen LogP contribution >= 0.6 is 0 Å². The van der Waals surface area contributed by atoms with Crippen LogP contribution in [0.2, 0.25) is 0 Å². The first-order chi connectivity index (χ1) is 7.94. The lowest BCUT2D eigenvalue weighted by Gasteiger charge is -2.24. The van der Waals surface area contributed by atoms with E-state index in [9.17, 15) is 9.18 Å². The number of pyridine rings is 1. The minimum atomic E-state index is -0.713. The molecule has 1 aromatic heterocycles. The Bertz CT molecular complexity index is 394. The van der Waals surface area contributed by atoms with Gasteiger partial charge >= 0.3 is 0 Å². The number of hydrogen-bond donors (Lipinski definition) is 1. The Morgan fingerprint density at radius 1 is 1.59 bits per heavy atom. The molecule has 0 atom stereocenters. The summed E-state index contributed by atoms with van der Waals surface area (Å²) in [4.78, 5) is 14.9. The number of hydrogen-bond acceptors (Lipinski definition) is 3. The molecule has 0 aliphatic carbocycles. The summed E-state index contributed by atoms with van der Waals surface area (Å²) < 4.78 is 18.1. The Hall–Kier alpha value is -1.65. The van der Waals surface area contributed by atoms with Crippen LogP contribution in [-0.2, 0) is 4.79 Å². The Kier molecular flexibility index (Phi) is 4.43. The van der Waals surface area contributed by atoms with Gasteiger partial charge in [-0.3, -0.25) is 4.79 Å². The number of halogens is 1. The number of aromatic nitrogens is 1. The zero-order valence-electron chi connectivity index (χ0n) is 10.3. The van der Waals surface area contributed by atoms with E-state index in [4.69, 9.17) is 4.74 Å². The van der Waals surface area contributed by atoms with Gasteiger partial charge in [0.05, 0.1) is 0 Å². The molecule has 5 heteroatoms. The number of carbonyl (C=O) groups excluding carboxylic acids is 1. The van der Waals surface area contributed by atoms with Crippen molar-refractivity contribution in [2.75, 3.05) is 6.61 Å². The predicted molar refractivity (Wildman–Crippen MR) is 62.2 cm³/mol. The highest BCUT2D eigenvalue weighted by Crippen LogP contribution is 2.12. The summed E-state index contributed by atoms with van der Waals surface area (Å²) >= 11 is 0. The topological polar surface area (TPSA) is 51.2 Å². The van der Waals surface area contributed by atoms with E-state index in [2.05, 4.69) is 10.3 Å². The second kappa shape index (κ2) is 5.61. The molecule has 0 spiro atoms. The molecular formula is C12H17FN2O2. The largest absolute Gasteiger partial charge is 0.479 e. The molecule has 1 amide bonds. The summed E-state index contributed by atoms with van der Waals surface area (Å²) in [5.41, 5.74) is -0.284. The molecule has 0 fully saturated rings. The van der Waals surface area contributed by atoms with Crippen molar-refractivity contribution in [2.45, 2.75) is 32.7 Å². The van der Waals surface area contributed by atoms with E-state index >= 15 is 0 Å². The van der Waals surface area contributed by atoms with E-state index in [0.29, 0.717) is 0 Å². The zero-order valence-corrected chi connectivity index (χ0v) is 10.3. The first-order valence-electron chi connectivity index (χ1n) is 5.49. The van der Waals surface area contributed by atoms with Crippen molar-refractivity contribution < 1.29 is 13.9 Å². The number of amides is 1. The molecule has 0 unspecified atom stereocenters. The third-order valence-corrected chi connectivity index (χ3v) is 2.45. The van der Waals surface area contributed by atoms with Crippen LogP contribution < -0.4 is 10.1 Å². The van der Waals surface area contributed by atoms with Gasteiger partial charge in [-0.15, -0.1) is 0 Å². The molecule has 0 saturated carbocycles. The van der Waals surface area contributed by atoms with Crippen molar-refractivity contribution in [3.05, 3.63) is 24.3 Å². The molecule has 0 saturated heterocycles. The number of nitrogens with one attached hydrogen (secondary N) is 1. The Balaban J connectivity index is 2.47. The zero-order chi connectivity index (χ0) is 12.9. The van der Waals surface area contributed by atoms with Gasteiger partial charge in [-0.2, -0.15) is 4.39 Å². The van der Waals surface area contributed by atoms with Gasteiger partial charge in [-0.05, 0) is 32.4 Å². The maximum Gasteiger partial charge on any atom is 0.258 e. The van der Waals surface area contributed by atoms with E-state index in [-0.39, 0.29) is 23.8 Å². The highest BCUT2D eigenvalue weighted by molar-refractivity contribution is 5.78. The van der Waals surface area contributed by atoms with Crippen LogP contribution in [0.1, 0.15) is 27.2 Å². The van der Waals surface area contributed by atoms with Gasteiger partial charge in [-0.1, -0.05) is 6.92 Å². The number of carbonyl (C=O) groups is 1. The van der Waals surface area contributed by atoms with Gasteiger partial charge in [0, 0.05) is 11.7 Å². The molecule has 0 bridgehead atoms. The molecule has 0 aromatic carbocycles. The number of ether oxygens (including phenoxy) is 1. The molecule has 1 N–H and O–H groups in total. The number of rotatable bonds is 5. The highest BCUT2D eigenvalue weighted by atomic mass is 19.1. The van der Waals surface area contributed by atoms with Crippen molar-refractivity contribution in [3.63, 3.8) is 0 Å². The first kappa shape index (κ1) is 13.4. The summed E-state index contributed by atoms with van der Waals surface area (Å²) in [6.45, 7) is 5.58. The third kappa shape index (κ3) is 4.38. The molecule has 0 aliphatic heterocycles. The third-order valence-electron chi connectivity index (χ3n) is 2.45. The fourth-order valence-corrected chi connectivity index (χ4v) is 1.12. The Labute approximate surface area is 100 Å². The van der Waals surface area contributed by atoms with Gasteiger partial charge in [0.1, 0.15) is 0 Å². The summed E-state index contributed by atoms with van der Waals surface area (Å²) in [6, 6.07) is 2.98. The Morgan fingerprint density at radius 3 is 2.88 bits per heavy atom. The van der Waals surface area contributed by atoms with E-state index in [1.54, 1.807) is 6.07 Å². The highest BCUT2D eigenvalue weighted by Gasteiger charge is 2.18. The molecule has 1 heterocycles. The van der Waals surface area contributed by atoms with Crippen molar-refractivity contribution in [2.24, 2.45) is 0 Å². The molecule has 94 valence electrons. The smallest absolute Gasteiger partial charge is 0.258 e. The summed E-state index contributed by atoms with van der Waals surface area (Å²) in [7, 11) is 0. The van der Waals surface area contributed by atoms with Crippen LogP contribution in [0.4, 0.5) is 4.39 Å². The average molecular weight is 240 g/mol. The molecular weight excluding hydrogens is 223 g/mol. The van der Waals surface area contributed by atoms with Crippen molar-refractivity contribution in [1.29, 1.82) is 0 Å². The van der Waals surface area contributed by atoms with E-state index in [1.807, 2.05) is 20.8 Å². The van der Waals surface area contributed by atoms with Crippen LogP contribution in [-0.4, -0.2) is 23.0 Å². The standard InChI is InChI=1S/C12H17FN2O2/c1-4-12(2,3)15-10(16)8-17-9-6-5-7-14-11(9)13/h5-7H,4,8H2,1-3H3,(H,15,16). The molecule has 17 heavy (non-hydrogen) atoms. The predicted octanol–water partition coefficient (Wildman–Crippen LogP) is 1.90. The minimum absolute atomic E-state index is 0.0167. The van der Waals surface area contributed by atoms with Gasteiger partial charge in [0.15, 0.2) is 12.4 Å². The maximum atomic E-state index is 13.1. The van der Waals surface area contributed by atoms with Gasteiger partial charge in [0.2, 0.25) is 0 Å². The van der Waals surface area contributed by atoms with Crippen molar-refractivity contribution in [1.82, 2.24) is 10.3 Å². The van der Waals surface area contributed by atoms with E-state index < -0.39 is 5.95 Å². The van der Waals surface area contributed by atoms with Crippen LogP contribution in [0.3, 0.4) is 0 Å². The summed E-state index contributed by atoms with van der Waals surface area (Å²) in [5, 5.41) is 2.79. The normalized spacial score (nSPS) is 11.1. The minimum Gasteiger partial charge on any atom is -0.479 e. The van der Waals surface area contributed by atoms with E-state index in [1.165, 1.54) is 12.3 Å². The fourth-order valence-electron chi connectivity index (χ4n) is 1.12. The summed E-state index contributed by atoms with van der Waals surface area (Å²) in [6.07, 6.45) is 2.13. The average Bonchev–Trinajstić information content (AvgIpc) is 2.27. The van der Waals surface area contributed by atoms with E-state index in [0.717, 1.165) is 6.42 Å². The Morgan fingerprint density at radius 2 is 2.29 bits per heavy atom. The lowest BCUT2D eigenvalue weighted by molar-refractivity contribution is -0.124. The van der Waals surface area contributed by atoms with Crippen molar-refractivity contribution >= 4 is 5.91 Å². The lowest BCUT2D eigenvalue weighted by Crippen LogP contribution is -2.44. The summed E-state index contributed by atoms with van der Waals surface area (Å²) in [5.74, 6) is -1.01. The lowest BCUT2D eigenvalue weighted by atomic mass is 10.0. The molecule has 0 radical (unpaired) electrons. The van der Waals surface area contributed by atoms with Crippen LogP contribution in [0.25, 0.3) is 0 Å². The van der Waals surface area contributed by atoms with Crippen LogP contribution in [0.15, 0.2) is 18.3 Å². The van der Waals surface area contributed by atoms with Crippen LogP contribution in [0.5, 0.6) is 5.75 Å². The van der Waals surface area contributed by atoms with Gasteiger partial charge < -0.3 is 10.1 Å². The van der Waals surface area contributed by atoms with Crippen molar-refractivity contribution in [3.8, 4) is 5.75 Å². The SMILES string of the molecule is CCC(C)(C)NC(=O)COc1cccnc1F. The maximum absolute atomic E-state index is 13.1. The molecule has 0 aliphatic rings. The quantitative estimate of drug-likeness (QED) is 0.800. The molecule has 1 aromatic rings. The molecule has 1 rings (SSSR count). The second-order valence-electron chi connectivity index (χ2n) is 4.37.